The topological polar surface area (TPSA) is 25.2 Å². The third kappa shape index (κ3) is 2.30. The fourth-order valence-corrected chi connectivity index (χ4v) is 2.16. The average molecular weight is 349 g/mol. The Labute approximate surface area is 109 Å². The third-order valence-corrected chi connectivity index (χ3v) is 4.37. The number of hydrogen-bond donors (Lipinski definition) is 1. The number of hydrogen-bond acceptors (Lipinski definition) is 1. The number of rotatable bonds is 2. The molecule has 0 aliphatic carbocycles. The van der Waals surface area contributed by atoms with Crippen molar-refractivity contribution in [3.63, 3.8) is 0 Å². The Balaban J connectivity index is 2.27. The van der Waals surface area contributed by atoms with Gasteiger partial charge in [-0.2, -0.15) is 0 Å². The van der Waals surface area contributed by atoms with Crippen LogP contribution in [0.3, 0.4) is 0 Å². The summed E-state index contributed by atoms with van der Waals surface area (Å²) in [5.74, 6) is -0.0756. The van der Waals surface area contributed by atoms with E-state index in [0.717, 1.165) is 10.2 Å². The van der Waals surface area contributed by atoms with Gasteiger partial charge in [-0.05, 0) is 49.6 Å². The number of aromatic nitrogens is 1. The summed E-state index contributed by atoms with van der Waals surface area (Å²) in [5, 5.41) is 9.49. The van der Waals surface area contributed by atoms with Crippen molar-refractivity contribution in [3.8, 4) is 5.75 Å². The second-order valence-electron chi connectivity index (χ2n) is 3.37. The summed E-state index contributed by atoms with van der Waals surface area (Å²) >= 11 is 6.60. The van der Waals surface area contributed by atoms with E-state index in [9.17, 15) is 9.50 Å². The molecule has 16 heavy (non-hydrogen) atoms. The van der Waals surface area contributed by atoms with E-state index < -0.39 is 0 Å². The molecule has 0 atom stereocenters. The van der Waals surface area contributed by atoms with E-state index >= 15 is 0 Å². The smallest absolute Gasteiger partial charge is 0.148 e. The second-order valence-corrected chi connectivity index (χ2v) is 4.92. The SMILES string of the molecule is Oc1cn(Cc2ccc(F)cc2)c(Br)c1Br. The predicted octanol–water partition coefficient (Wildman–Crippen LogP) is 3.91. The van der Waals surface area contributed by atoms with Crippen molar-refractivity contribution in [1.29, 1.82) is 0 Å². The monoisotopic (exact) mass is 347 g/mol. The highest BCUT2D eigenvalue weighted by Gasteiger charge is 2.10. The summed E-state index contributed by atoms with van der Waals surface area (Å²) in [7, 11) is 0. The molecule has 0 aliphatic heterocycles. The van der Waals surface area contributed by atoms with E-state index in [2.05, 4.69) is 31.9 Å². The fraction of sp³-hybridized carbons (Fsp3) is 0.0909. The van der Waals surface area contributed by atoms with E-state index in [0.29, 0.717) is 11.0 Å². The van der Waals surface area contributed by atoms with E-state index in [1.165, 1.54) is 12.1 Å². The quantitative estimate of drug-likeness (QED) is 0.874. The highest BCUT2D eigenvalue weighted by molar-refractivity contribution is 9.13. The molecule has 0 saturated carbocycles. The number of halogens is 3. The summed E-state index contributed by atoms with van der Waals surface area (Å²) < 4.78 is 15.9. The maximum Gasteiger partial charge on any atom is 0.148 e. The first-order valence-electron chi connectivity index (χ1n) is 4.55. The highest BCUT2D eigenvalue weighted by Crippen LogP contribution is 2.34. The Morgan fingerprint density at radius 3 is 2.31 bits per heavy atom. The minimum atomic E-state index is -0.251. The summed E-state index contributed by atoms with van der Waals surface area (Å²) in [6.45, 7) is 0.569. The Kier molecular flexibility index (Phi) is 3.35. The van der Waals surface area contributed by atoms with Gasteiger partial charge in [0.05, 0.1) is 4.47 Å². The molecule has 1 heterocycles. The molecule has 0 radical (unpaired) electrons. The van der Waals surface area contributed by atoms with Gasteiger partial charge < -0.3 is 9.67 Å². The van der Waals surface area contributed by atoms with Gasteiger partial charge in [0, 0.05) is 12.7 Å². The van der Waals surface area contributed by atoms with Crippen LogP contribution in [0.5, 0.6) is 5.75 Å². The van der Waals surface area contributed by atoms with E-state index in [-0.39, 0.29) is 11.6 Å². The molecule has 0 amide bonds. The lowest BCUT2D eigenvalue weighted by Gasteiger charge is -2.04. The van der Waals surface area contributed by atoms with Crippen molar-refractivity contribution in [1.82, 2.24) is 4.57 Å². The Morgan fingerprint density at radius 1 is 1.19 bits per heavy atom. The number of benzene rings is 1. The molecule has 0 spiro atoms. The molecule has 1 N–H and O–H groups in total. The molecule has 5 heteroatoms. The summed E-state index contributed by atoms with van der Waals surface area (Å²) in [5.41, 5.74) is 0.963. The van der Waals surface area contributed by atoms with Crippen LogP contribution < -0.4 is 0 Å². The van der Waals surface area contributed by atoms with Gasteiger partial charge in [-0.25, -0.2) is 4.39 Å². The van der Waals surface area contributed by atoms with Crippen LogP contribution in [0.1, 0.15) is 5.56 Å². The first-order chi connectivity index (χ1) is 7.58. The molecular weight excluding hydrogens is 341 g/mol. The standard InChI is InChI=1S/C11H8Br2FNO/c12-10-9(16)6-15(11(10)13)5-7-1-3-8(14)4-2-7/h1-4,6,16H,5H2. The van der Waals surface area contributed by atoms with Crippen LogP contribution in [-0.2, 0) is 6.54 Å². The fourth-order valence-electron chi connectivity index (χ4n) is 1.39. The van der Waals surface area contributed by atoms with Gasteiger partial charge in [0.25, 0.3) is 0 Å². The van der Waals surface area contributed by atoms with Crippen LogP contribution in [0.4, 0.5) is 4.39 Å². The zero-order valence-electron chi connectivity index (χ0n) is 8.12. The minimum absolute atomic E-state index is 0.175. The number of aromatic hydroxyl groups is 1. The third-order valence-electron chi connectivity index (χ3n) is 2.20. The second kappa shape index (κ2) is 4.59. The Morgan fingerprint density at radius 2 is 1.81 bits per heavy atom. The van der Waals surface area contributed by atoms with E-state index in [4.69, 9.17) is 0 Å². The molecule has 1 aromatic heterocycles. The zero-order valence-corrected chi connectivity index (χ0v) is 11.3. The van der Waals surface area contributed by atoms with Crippen LogP contribution in [0, 0.1) is 5.82 Å². The van der Waals surface area contributed by atoms with Crippen molar-refractivity contribution >= 4 is 31.9 Å². The minimum Gasteiger partial charge on any atom is -0.505 e. The van der Waals surface area contributed by atoms with E-state index in [1.807, 2.05) is 4.57 Å². The first kappa shape index (κ1) is 11.7. The van der Waals surface area contributed by atoms with Gasteiger partial charge >= 0.3 is 0 Å². The van der Waals surface area contributed by atoms with Gasteiger partial charge in [-0.1, -0.05) is 12.1 Å². The summed E-state index contributed by atoms with van der Waals surface area (Å²) in [6, 6.07) is 6.27. The van der Waals surface area contributed by atoms with Gasteiger partial charge in [-0.15, -0.1) is 0 Å². The molecule has 1 aromatic carbocycles. The molecular formula is C11H8Br2FNO. The molecule has 2 nitrogen and oxygen atoms in total. The van der Waals surface area contributed by atoms with Crippen molar-refractivity contribution in [2.45, 2.75) is 6.54 Å². The number of nitrogens with zero attached hydrogens (tertiary/aromatic N) is 1. The van der Waals surface area contributed by atoms with Crippen LogP contribution in [0.2, 0.25) is 0 Å². The predicted molar refractivity (Wildman–Crippen MR) is 67.0 cm³/mol. The molecule has 0 unspecified atom stereocenters. The first-order valence-corrected chi connectivity index (χ1v) is 6.14. The molecule has 2 rings (SSSR count). The van der Waals surface area contributed by atoms with Crippen molar-refractivity contribution < 1.29 is 9.50 Å². The van der Waals surface area contributed by atoms with Crippen LogP contribution in [0.25, 0.3) is 0 Å². The summed E-state index contributed by atoms with van der Waals surface area (Å²) in [4.78, 5) is 0. The van der Waals surface area contributed by atoms with Crippen LogP contribution in [-0.4, -0.2) is 9.67 Å². The Bertz CT molecular complexity index is 507. The van der Waals surface area contributed by atoms with Crippen LogP contribution in [0.15, 0.2) is 39.5 Å². The van der Waals surface area contributed by atoms with Gasteiger partial charge in [0.15, 0.2) is 0 Å². The lowest BCUT2D eigenvalue weighted by atomic mass is 10.2. The molecule has 84 valence electrons. The molecule has 0 saturated heterocycles. The zero-order chi connectivity index (χ0) is 11.7. The van der Waals surface area contributed by atoms with Gasteiger partial charge in [0.2, 0.25) is 0 Å². The van der Waals surface area contributed by atoms with E-state index in [1.54, 1.807) is 18.3 Å². The highest BCUT2D eigenvalue weighted by atomic mass is 79.9. The van der Waals surface area contributed by atoms with Gasteiger partial charge in [0.1, 0.15) is 16.2 Å². The normalized spacial score (nSPS) is 10.7. The van der Waals surface area contributed by atoms with Gasteiger partial charge in [-0.3, -0.25) is 0 Å². The average Bonchev–Trinajstić information content (AvgIpc) is 2.50. The molecule has 0 aliphatic rings. The molecule has 0 bridgehead atoms. The van der Waals surface area contributed by atoms with Crippen LogP contribution >= 0.6 is 31.9 Å². The lowest BCUT2D eigenvalue weighted by molar-refractivity contribution is 0.471. The largest absolute Gasteiger partial charge is 0.505 e. The molecule has 2 aromatic rings. The van der Waals surface area contributed by atoms with Crippen molar-refractivity contribution in [2.75, 3.05) is 0 Å². The summed E-state index contributed by atoms with van der Waals surface area (Å²) in [6.07, 6.45) is 1.61. The van der Waals surface area contributed by atoms with Crippen molar-refractivity contribution in [3.05, 3.63) is 50.9 Å². The molecule has 0 fully saturated rings. The van der Waals surface area contributed by atoms with Crippen molar-refractivity contribution in [2.24, 2.45) is 0 Å². The maximum atomic E-state index is 12.7. The maximum absolute atomic E-state index is 12.7. The lowest BCUT2D eigenvalue weighted by Crippen LogP contribution is -1.98. The Hall–Kier alpha value is -0.810.